The third kappa shape index (κ3) is 2.45. The van der Waals surface area contributed by atoms with Gasteiger partial charge >= 0.3 is 0 Å². The largest absolute Gasteiger partial charge is 0.370 e. The molecule has 1 aliphatic rings. The van der Waals surface area contributed by atoms with Gasteiger partial charge in [-0.05, 0) is 25.0 Å². The fourth-order valence-corrected chi connectivity index (χ4v) is 4.87. The van der Waals surface area contributed by atoms with Crippen LogP contribution in [0.25, 0.3) is 21.8 Å². The van der Waals surface area contributed by atoms with E-state index < -0.39 is 0 Å². The number of nitrogens with zero attached hydrogens (tertiary/aromatic N) is 2. The summed E-state index contributed by atoms with van der Waals surface area (Å²) in [6, 6.07) is 13.0. The third-order valence-electron chi connectivity index (χ3n) is 6.27. The zero-order chi connectivity index (χ0) is 19.4. The highest BCUT2D eigenvalue weighted by molar-refractivity contribution is 5.89. The Balaban J connectivity index is 1.61. The van der Waals surface area contributed by atoms with E-state index >= 15 is 0 Å². The molecular weight excluding hydrogens is 348 g/mol. The molecule has 4 nitrogen and oxygen atoms in total. The maximum atomic E-state index is 6.28. The molecule has 3 heterocycles. The zero-order valence-corrected chi connectivity index (χ0v) is 17.0. The molecule has 4 heteroatoms. The lowest BCUT2D eigenvalue weighted by Crippen LogP contribution is -2.09. The van der Waals surface area contributed by atoms with Crippen LogP contribution < -0.4 is 0 Å². The van der Waals surface area contributed by atoms with Crippen molar-refractivity contribution >= 4 is 21.8 Å². The van der Waals surface area contributed by atoms with Gasteiger partial charge in [0.1, 0.15) is 0 Å². The van der Waals surface area contributed by atoms with Crippen LogP contribution in [0.3, 0.4) is 0 Å². The van der Waals surface area contributed by atoms with Crippen LogP contribution in [0.5, 0.6) is 0 Å². The minimum atomic E-state index is 0.588. The summed E-state index contributed by atoms with van der Waals surface area (Å²) in [6.07, 6.45) is 0. The maximum absolute atomic E-state index is 6.28. The molecule has 144 valence electrons. The van der Waals surface area contributed by atoms with Gasteiger partial charge in [0.25, 0.3) is 0 Å². The SMILES string of the molecule is Cc1cccc2c3c(n(C)c12)COCc1c(n(C)c2c(C)cccc12)COC3. The van der Waals surface area contributed by atoms with Crippen molar-refractivity contribution in [3.8, 4) is 0 Å². The van der Waals surface area contributed by atoms with Gasteiger partial charge in [0, 0.05) is 36.0 Å². The minimum absolute atomic E-state index is 0.588. The lowest BCUT2D eigenvalue weighted by atomic mass is 10.1. The molecule has 0 spiro atoms. The second-order valence-electron chi connectivity index (χ2n) is 7.90. The first-order valence-corrected chi connectivity index (χ1v) is 9.85. The Bertz CT molecular complexity index is 1120. The van der Waals surface area contributed by atoms with E-state index in [0.29, 0.717) is 26.4 Å². The molecule has 0 saturated heterocycles. The highest BCUT2D eigenvalue weighted by atomic mass is 16.5. The Labute approximate surface area is 165 Å². The van der Waals surface area contributed by atoms with Gasteiger partial charge in [-0.3, -0.25) is 0 Å². The van der Waals surface area contributed by atoms with E-state index in [0.717, 1.165) is 0 Å². The third-order valence-corrected chi connectivity index (χ3v) is 6.27. The van der Waals surface area contributed by atoms with Gasteiger partial charge < -0.3 is 18.6 Å². The topological polar surface area (TPSA) is 28.3 Å². The second-order valence-corrected chi connectivity index (χ2v) is 7.90. The minimum Gasteiger partial charge on any atom is -0.370 e. The average molecular weight is 374 g/mol. The van der Waals surface area contributed by atoms with Crippen LogP contribution in [0.15, 0.2) is 36.4 Å². The van der Waals surface area contributed by atoms with Gasteiger partial charge in [0.15, 0.2) is 0 Å². The predicted molar refractivity (Wildman–Crippen MR) is 112 cm³/mol. The highest BCUT2D eigenvalue weighted by Crippen LogP contribution is 2.33. The molecule has 0 N–H and O–H groups in total. The molecule has 0 atom stereocenters. The van der Waals surface area contributed by atoms with Gasteiger partial charge in [-0.25, -0.2) is 0 Å². The quantitative estimate of drug-likeness (QED) is 0.432. The van der Waals surface area contributed by atoms with Crippen LogP contribution in [-0.2, 0) is 50.0 Å². The van der Waals surface area contributed by atoms with Gasteiger partial charge in [-0.15, -0.1) is 0 Å². The molecule has 0 fully saturated rings. The fraction of sp³-hybridized carbons (Fsp3) is 0.333. The summed E-state index contributed by atoms with van der Waals surface area (Å²) in [5.74, 6) is 0. The lowest BCUT2D eigenvalue weighted by Gasteiger charge is -2.14. The van der Waals surface area contributed by atoms with Crippen molar-refractivity contribution in [2.75, 3.05) is 0 Å². The summed E-state index contributed by atoms with van der Waals surface area (Å²) in [5.41, 5.74) is 10.0. The number of hydrogen-bond donors (Lipinski definition) is 0. The Hall–Kier alpha value is -2.56. The van der Waals surface area contributed by atoms with Crippen molar-refractivity contribution in [1.29, 1.82) is 0 Å². The monoisotopic (exact) mass is 374 g/mol. The number of fused-ring (bicyclic) bond motifs is 6. The molecule has 5 rings (SSSR count). The number of hydrogen-bond acceptors (Lipinski definition) is 2. The molecule has 0 amide bonds. The van der Waals surface area contributed by atoms with E-state index in [9.17, 15) is 0 Å². The number of aryl methyl sites for hydroxylation is 4. The van der Waals surface area contributed by atoms with Gasteiger partial charge in [-0.2, -0.15) is 0 Å². The van der Waals surface area contributed by atoms with Crippen molar-refractivity contribution in [1.82, 2.24) is 9.13 Å². The number of ether oxygens (including phenoxy) is 2. The molecule has 0 radical (unpaired) electrons. The van der Waals surface area contributed by atoms with E-state index in [-0.39, 0.29) is 0 Å². The standard InChI is InChI=1S/C24H26N2O2/c1-15-7-5-9-17-19-11-27-14-22-20(12-28-13-21(19)25(3)23(15)17)18-10-6-8-16(2)24(18)26(22)4/h5-10H,11-14H2,1-4H3. The molecule has 0 bridgehead atoms. The molecule has 1 aliphatic heterocycles. The van der Waals surface area contributed by atoms with E-state index in [1.807, 2.05) is 0 Å². The summed E-state index contributed by atoms with van der Waals surface area (Å²) in [4.78, 5) is 0. The molecule has 4 aromatic rings. The Kier molecular flexibility index (Phi) is 4.07. The Morgan fingerprint density at radius 2 is 1.07 bits per heavy atom. The van der Waals surface area contributed by atoms with Crippen molar-refractivity contribution in [2.24, 2.45) is 14.1 Å². The van der Waals surface area contributed by atoms with Crippen molar-refractivity contribution < 1.29 is 9.47 Å². The first kappa shape index (κ1) is 17.5. The molecule has 0 unspecified atom stereocenters. The summed E-state index contributed by atoms with van der Waals surface area (Å²) in [6.45, 7) is 6.70. The zero-order valence-electron chi connectivity index (χ0n) is 17.0. The van der Waals surface area contributed by atoms with Crippen molar-refractivity contribution in [2.45, 2.75) is 40.3 Å². The van der Waals surface area contributed by atoms with Crippen LogP contribution in [-0.4, -0.2) is 9.13 Å². The van der Waals surface area contributed by atoms with E-state index in [1.54, 1.807) is 0 Å². The van der Waals surface area contributed by atoms with E-state index in [1.165, 1.54) is 55.4 Å². The van der Waals surface area contributed by atoms with Gasteiger partial charge in [0.2, 0.25) is 0 Å². The normalized spacial score (nSPS) is 15.0. The van der Waals surface area contributed by atoms with Crippen LogP contribution in [0.4, 0.5) is 0 Å². The van der Waals surface area contributed by atoms with Crippen LogP contribution in [0.1, 0.15) is 33.6 Å². The average Bonchev–Trinajstić information content (AvgIpc) is 3.11. The van der Waals surface area contributed by atoms with Crippen molar-refractivity contribution in [3.63, 3.8) is 0 Å². The summed E-state index contributed by atoms with van der Waals surface area (Å²) in [5, 5.41) is 2.55. The van der Waals surface area contributed by atoms with Crippen LogP contribution in [0.2, 0.25) is 0 Å². The Morgan fingerprint density at radius 1 is 0.643 bits per heavy atom. The van der Waals surface area contributed by atoms with Gasteiger partial charge in [0.05, 0.1) is 48.8 Å². The number of benzene rings is 2. The van der Waals surface area contributed by atoms with E-state index in [2.05, 4.69) is 73.5 Å². The Morgan fingerprint density at radius 3 is 1.50 bits per heavy atom. The summed E-state index contributed by atoms with van der Waals surface area (Å²) in [7, 11) is 4.27. The van der Waals surface area contributed by atoms with Gasteiger partial charge in [-0.1, -0.05) is 36.4 Å². The molecular formula is C24H26N2O2. The first-order chi connectivity index (χ1) is 13.6. The van der Waals surface area contributed by atoms with Crippen LogP contribution in [0, 0.1) is 13.8 Å². The molecule has 0 aliphatic carbocycles. The number of rotatable bonds is 0. The fourth-order valence-electron chi connectivity index (χ4n) is 4.87. The molecule has 2 aromatic heterocycles. The first-order valence-electron chi connectivity index (χ1n) is 9.85. The molecule has 0 saturated carbocycles. The predicted octanol–water partition coefficient (Wildman–Crippen LogP) is 5.03. The summed E-state index contributed by atoms with van der Waals surface area (Å²) >= 11 is 0. The smallest absolute Gasteiger partial charge is 0.0876 e. The molecule has 2 aromatic carbocycles. The second kappa shape index (κ2) is 6.50. The number of para-hydroxylation sites is 2. The van der Waals surface area contributed by atoms with Crippen molar-refractivity contribution in [3.05, 3.63) is 70.0 Å². The maximum Gasteiger partial charge on any atom is 0.0876 e. The summed E-state index contributed by atoms with van der Waals surface area (Å²) < 4.78 is 17.1. The number of aromatic nitrogens is 2. The molecule has 28 heavy (non-hydrogen) atoms. The highest BCUT2D eigenvalue weighted by Gasteiger charge is 2.21. The lowest BCUT2D eigenvalue weighted by molar-refractivity contribution is 0.0766. The van der Waals surface area contributed by atoms with Crippen LogP contribution >= 0.6 is 0 Å². The van der Waals surface area contributed by atoms with E-state index in [4.69, 9.17) is 9.47 Å².